The van der Waals surface area contributed by atoms with Crippen molar-refractivity contribution in [3.8, 4) is 11.5 Å². The van der Waals surface area contributed by atoms with E-state index in [1.54, 1.807) is 6.07 Å². The number of nitrogens with zero attached hydrogens (tertiary/aromatic N) is 2. The summed E-state index contributed by atoms with van der Waals surface area (Å²) in [6, 6.07) is 3.18. The quantitative estimate of drug-likeness (QED) is 0.361. The zero-order valence-electron chi connectivity index (χ0n) is 20.3. The number of methoxy groups -OCH3 is 3. The topological polar surface area (TPSA) is 124 Å². The van der Waals surface area contributed by atoms with Gasteiger partial charge >= 0.3 is 18.0 Å². The predicted molar refractivity (Wildman–Crippen MR) is 122 cm³/mol. The van der Waals surface area contributed by atoms with Gasteiger partial charge in [-0.25, -0.2) is 14.5 Å². The highest BCUT2D eigenvalue weighted by atomic mass is 16.7. The van der Waals surface area contributed by atoms with Gasteiger partial charge in [-0.1, -0.05) is 18.2 Å². The van der Waals surface area contributed by atoms with Crippen LogP contribution in [-0.2, 0) is 29.2 Å². The van der Waals surface area contributed by atoms with E-state index in [9.17, 15) is 19.5 Å². The molecule has 192 valence electrons. The predicted octanol–water partition coefficient (Wildman–Crippen LogP) is 1.31. The molecule has 0 radical (unpaired) electrons. The fourth-order valence-electron chi connectivity index (χ4n) is 7.71. The van der Waals surface area contributed by atoms with Crippen LogP contribution in [0.25, 0.3) is 0 Å². The summed E-state index contributed by atoms with van der Waals surface area (Å²) in [4.78, 5) is 43.3. The molecular weight excluding hydrogens is 472 g/mol. The lowest BCUT2D eigenvalue weighted by Gasteiger charge is -2.62. The molecule has 0 bridgehead atoms. The Kier molecular flexibility index (Phi) is 4.88. The Bertz CT molecular complexity index is 1200. The molecule has 1 aromatic carbocycles. The summed E-state index contributed by atoms with van der Waals surface area (Å²) in [5, 5.41) is 12.4. The number of rotatable bonds is 2. The second-order valence-corrected chi connectivity index (χ2v) is 9.93. The van der Waals surface area contributed by atoms with Crippen LogP contribution in [0.1, 0.15) is 24.8 Å². The molecule has 6 rings (SSSR count). The summed E-state index contributed by atoms with van der Waals surface area (Å²) in [5.41, 5.74) is -3.45. The fourth-order valence-corrected chi connectivity index (χ4v) is 7.71. The second-order valence-electron chi connectivity index (χ2n) is 9.93. The van der Waals surface area contributed by atoms with Gasteiger partial charge in [0.15, 0.2) is 11.5 Å². The molecule has 1 aliphatic carbocycles. The maximum Gasteiger partial charge on any atom is 0.417 e. The largest absolute Gasteiger partial charge is 0.468 e. The van der Waals surface area contributed by atoms with E-state index >= 15 is 0 Å². The zero-order chi connectivity index (χ0) is 25.5. The molecule has 2 fully saturated rings. The lowest BCUT2D eigenvalue weighted by Crippen LogP contribution is -2.75. The normalized spacial score (nSPS) is 35.4. The number of fused-ring (bicyclic) bond motifs is 3. The van der Waals surface area contributed by atoms with E-state index in [1.807, 2.05) is 18.2 Å². The molecule has 11 heteroatoms. The van der Waals surface area contributed by atoms with Crippen molar-refractivity contribution in [2.75, 3.05) is 46.1 Å². The van der Waals surface area contributed by atoms with Crippen LogP contribution in [0.15, 0.2) is 24.3 Å². The van der Waals surface area contributed by atoms with E-state index in [4.69, 9.17) is 23.7 Å². The maximum absolute atomic E-state index is 13.5. The summed E-state index contributed by atoms with van der Waals surface area (Å²) in [7, 11) is 3.71. The summed E-state index contributed by atoms with van der Waals surface area (Å²) >= 11 is 0. The van der Waals surface area contributed by atoms with Gasteiger partial charge in [0.2, 0.25) is 6.79 Å². The number of carbonyl (C=O) groups excluding carboxylic acids is 3. The van der Waals surface area contributed by atoms with Crippen molar-refractivity contribution in [1.29, 1.82) is 0 Å². The van der Waals surface area contributed by atoms with E-state index < -0.39 is 40.6 Å². The Labute approximate surface area is 207 Å². The smallest absolute Gasteiger partial charge is 0.417 e. The number of benzene rings is 1. The van der Waals surface area contributed by atoms with Crippen LogP contribution < -0.4 is 14.4 Å². The number of esters is 2. The van der Waals surface area contributed by atoms with E-state index in [0.717, 1.165) is 4.90 Å². The van der Waals surface area contributed by atoms with Crippen LogP contribution in [0.4, 0.5) is 10.5 Å². The third-order valence-electron chi connectivity index (χ3n) is 8.85. The molecule has 36 heavy (non-hydrogen) atoms. The molecule has 5 atom stereocenters. The van der Waals surface area contributed by atoms with Gasteiger partial charge in [0.1, 0.15) is 11.1 Å². The summed E-state index contributed by atoms with van der Waals surface area (Å²) in [6.07, 6.45) is 4.05. The number of amides is 1. The third kappa shape index (κ3) is 2.47. The first-order valence-corrected chi connectivity index (χ1v) is 11.9. The minimum Gasteiger partial charge on any atom is -0.468 e. The van der Waals surface area contributed by atoms with Crippen molar-refractivity contribution in [3.05, 3.63) is 29.8 Å². The SMILES string of the molecule is COC(=O)N1c2c(ccc3c2OCO3)[C@@]23CCN4CC=C[C@](C(=O)OC)(CC[C@H]2[C@@]1(O)C(=O)OC)[C@H]43. The molecule has 1 aromatic rings. The first-order valence-electron chi connectivity index (χ1n) is 11.9. The molecule has 1 spiro atoms. The molecule has 0 unspecified atom stereocenters. The summed E-state index contributed by atoms with van der Waals surface area (Å²) in [5.74, 6) is -1.56. The Morgan fingerprint density at radius 3 is 2.56 bits per heavy atom. The van der Waals surface area contributed by atoms with Crippen LogP contribution >= 0.6 is 0 Å². The summed E-state index contributed by atoms with van der Waals surface area (Å²) in [6.45, 7) is 1.14. The first-order chi connectivity index (χ1) is 17.3. The highest BCUT2D eigenvalue weighted by Gasteiger charge is 2.75. The highest BCUT2D eigenvalue weighted by Crippen LogP contribution is 2.68. The lowest BCUT2D eigenvalue weighted by atomic mass is 9.47. The average molecular weight is 501 g/mol. The van der Waals surface area contributed by atoms with Crippen molar-refractivity contribution >= 4 is 23.7 Å². The number of anilines is 1. The summed E-state index contributed by atoms with van der Waals surface area (Å²) < 4.78 is 26.8. The van der Waals surface area contributed by atoms with Gasteiger partial charge in [0.25, 0.3) is 5.72 Å². The Balaban J connectivity index is 1.71. The van der Waals surface area contributed by atoms with Gasteiger partial charge in [-0.3, -0.25) is 9.69 Å². The van der Waals surface area contributed by atoms with Gasteiger partial charge in [-0.05, 0) is 37.4 Å². The van der Waals surface area contributed by atoms with Crippen LogP contribution in [0.3, 0.4) is 0 Å². The second kappa shape index (κ2) is 7.59. The standard InChI is InChI=1S/C25H28N2O9/c1-32-20(28)23-8-4-11-26-12-10-24(19(23)26)14-5-6-15-18(36-13-35-15)17(14)27(22(30)34-3)25(31,21(29)33-2)16(24)7-9-23/h4-6,8,16,19,31H,7,9-13H2,1-3H3/t16-,19+,23+,24+,25-/m1/s1. The molecule has 0 aromatic heterocycles. The minimum absolute atomic E-state index is 0.0850. The number of hydrogen-bond acceptors (Lipinski definition) is 10. The van der Waals surface area contributed by atoms with Crippen molar-refractivity contribution in [2.45, 2.75) is 36.4 Å². The lowest BCUT2D eigenvalue weighted by molar-refractivity contribution is -0.184. The first kappa shape index (κ1) is 23.1. The van der Waals surface area contributed by atoms with Crippen molar-refractivity contribution in [3.63, 3.8) is 0 Å². The molecule has 1 saturated heterocycles. The number of carbonyl (C=O) groups is 3. The number of aliphatic hydroxyl groups is 1. The van der Waals surface area contributed by atoms with E-state index in [-0.39, 0.29) is 30.6 Å². The molecule has 5 aliphatic rings. The Hall–Kier alpha value is -3.31. The van der Waals surface area contributed by atoms with Crippen molar-refractivity contribution < 1.29 is 43.2 Å². The Morgan fingerprint density at radius 2 is 1.83 bits per heavy atom. The average Bonchev–Trinajstić information content (AvgIpc) is 3.54. The van der Waals surface area contributed by atoms with Gasteiger partial charge in [0.05, 0.1) is 21.3 Å². The number of hydrogen-bond donors (Lipinski definition) is 1. The molecule has 11 nitrogen and oxygen atoms in total. The zero-order valence-corrected chi connectivity index (χ0v) is 20.3. The molecule has 4 heterocycles. The molecular formula is C25H28N2O9. The van der Waals surface area contributed by atoms with Crippen molar-refractivity contribution in [1.82, 2.24) is 4.90 Å². The van der Waals surface area contributed by atoms with Crippen LogP contribution in [0.5, 0.6) is 11.5 Å². The van der Waals surface area contributed by atoms with Gasteiger partial charge in [0, 0.05) is 23.9 Å². The molecule has 1 saturated carbocycles. The monoisotopic (exact) mass is 500 g/mol. The highest BCUT2D eigenvalue weighted by molar-refractivity contribution is 6.02. The van der Waals surface area contributed by atoms with Gasteiger partial charge < -0.3 is 28.8 Å². The minimum atomic E-state index is -2.42. The molecule has 1 N–H and O–H groups in total. The maximum atomic E-state index is 13.5. The van der Waals surface area contributed by atoms with Crippen molar-refractivity contribution in [2.24, 2.45) is 11.3 Å². The number of ether oxygens (including phenoxy) is 5. The fraction of sp³-hybridized carbons (Fsp3) is 0.560. The van der Waals surface area contributed by atoms with Gasteiger partial charge in [-0.2, -0.15) is 0 Å². The van der Waals surface area contributed by atoms with Crippen LogP contribution in [0, 0.1) is 11.3 Å². The van der Waals surface area contributed by atoms with E-state index in [1.165, 1.54) is 21.3 Å². The molecule has 4 aliphatic heterocycles. The van der Waals surface area contributed by atoms with E-state index in [0.29, 0.717) is 37.2 Å². The van der Waals surface area contributed by atoms with Gasteiger partial charge in [-0.15, -0.1) is 0 Å². The van der Waals surface area contributed by atoms with Crippen LogP contribution in [0.2, 0.25) is 0 Å². The van der Waals surface area contributed by atoms with Crippen LogP contribution in [-0.4, -0.2) is 81.0 Å². The van der Waals surface area contributed by atoms with E-state index in [2.05, 4.69) is 4.90 Å². The molecule has 1 amide bonds. The third-order valence-corrected chi connectivity index (χ3v) is 8.85. The Morgan fingerprint density at radius 1 is 1.06 bits per heavy atom.